The van der Waals surface area contributed by atoms with Crippen molar-refractivity contribution in [1.82, 2.24) is 15.2 Å². The number of amides is 1. The summed E-state index contributed by atoms with van der Waals surface area (Å²) in [5, 5.41) is 6.41. The second-order valence-corrected chi connectivity index (χ2v) is 7.36. The number of carbonyl (C=O) groups excluding carboxylic acids is 1. The predicted molar refractivity (Wildman–Crippen MR) is 112 cm³/mol. The highest BCUT2D eigenvalue weighted by molar-refractivity contribution is 7.09. The lowest BCUT2D eigenvalue weighted by atomic mass is 10.0. The molecule has 144 valence electrons. The van der Waals surface area contributed by atoms with Gasteiger partial charge in [-0.2, -0.15) is 0 Å². The minimum absolute atomic E-state index is 0. The summed E-state index contributed by atoms with van der Waals surface area (Å²) in [7, 11) is 0. The number of hydrogen-bond donors (Lipinski definition) is 2. The van der Waals surface area contributed by atoms with Crippen molar-refractivity contribution in [2.45, 2.75) is 32.0 Å². The fraction of sp³-hybridized carbons (Fsp3) is 0.412. The van der Waals surface area contributed by atoms with Crippen LogP contribution >= 0.6 is 47.8 Å². The average Bonchev–Trinajstić information content (AvgIpc) is 3.08. The number of nitrogens with two attached hydrogens (primary N) is 1. The monoisotopic (exact) mass is 436 g/mol. The molecule has 1 aliphatic heterocycles. The smallest absolute Gasteiger partial charge is 0.270 e. The molecule has 1 aromatic carbocycles. The van der Waals surface area contributed by atoms with E-state index >= 15 is 0 Å². The Hall–Kier alpha value is -0.890. The lowest BCUT2D eigenvalue weighted by molar-refractivity contribution is 0.0904. The fourth-order valence-corrected chi connectivity index (χ4v) is 3.63. The van der Waals surface area contributed by atoms with E-state index in [4.69, 9.17) is 17.3 Å². The molecule has 0 atom stereocenters. The van der Waals surface area contributed by atoms with Crippen LogP contribution in [0.5, 0.6) is 0 Å². The van der Waals surface area contributed by atoms with Crippen molar-refractivity contribution < 1.29 is 4.79 Å². The SMILES string of the molecule is Cl.Cl.NCc1nc(C(=O)NC2CCN(Cc3ccc(Cl)cc3)CC2)cs1. The van der Waals surface area contributed by atoms with E-state index in [0.29, 0.717) is 12.2 Å². The molecule has 1 aromatic heterocycles. The topological polar surface area (TPSA) is 71.2 Å². The number of thiazole rings is 1. The molecule has 0 spiro atoms. The first-order valence-corrected chi connectivity index (χ1v) is 9.32. The summed E-state index contributed by atoms with van der Waals surface area (Å²) in [6, 6.07) is 8.18. The van der Waals surface area contributed by atoms with E-state index in [1.807, 2.05) is 12.1 Å². The van der Waals surface area contributed by atoms with Gasteiger partial charge in [-0.3, -0.25) is 9.69 Å². The molecule has 1 saturated heterocycles. The molecule has 2 heterocycles. The van der Waals surface area contributed by atoms with Crippen molar-refractivity contribution in [2.24, 2.45) is 5.73 Å². The maximum absolute atomic E-state index is 12.2. The molecule has 0 bridgehead atoms. The maximum Gasteiger partial charge on any atom is 0.270 e. The van der Waals surface area contributed by atoms with E-state index in [-0.39, 0.29) is 36.8 Å². The zero-order valence-electron chi connectivity index (χ0n) is 14.2. The van der Waals surface area contributed by atoms with Crippen molar-refractivity contribution in [3.05, 3.63) is 50.9 Å². The third-order valence-corrected chi connectivity index (χ3v) is 5.32. The van der Waals surface area contributed by atoms with Crippen molar-refractivity contribution in [1.29, 1.82) is 0 Å². The minimum Gasteiger partial charge on any atom is -0.348 e. The zero-order chi connectivity index (χ0) is 16.9. The highest BCUT2D eigenvalue weighted by Gasteiger charge is 2.22. The number of rotatable bonds is 5. The lowest BCUT2D eigenvalue weighted by Crippen LogP contribution is -2.44. The van der Waals surface area contributed by atoms with Gasteiger partial charge in [-0.1, -0.05) is 23.7 Å². The van der Waals surface area contributed by atoms with Crippen molar-refractivity contribution >= 4 is 53.7 Å². The first-order chi connectivity index (χ1) is 11.6. The minimum atomic E-state index is -0.0953. The number of likely N-dealkylation sites (tertiary alicyclic amines) is 1. The van der Waals surface area contributed by atoms with Gasteiger partial charge in [0.2, 0.25) is 0 Å². The number of benzene rings is 1. The van der Waals surface area contributed by atoms with Crippen LogP contribution in [0.3, 0.4) is 0 Å². The summed E-state index contributed by atoms with van der Waals surface area (Å²) in [5.74, 6) is -0.0953. The van der Waals surface area contributed by atoms with Gasteiger partial charge in [0, 0.05) is 42.6 Å². The number of nitrogens with zero attached hydrogens (tertiary/aromatic N) is 2. The third-order valence-electron chi connectivity index (χ3n) is 4.20. The van der Waals surface area contributed by atoms with Crippen LogP contribution in [0.2, 0.25) is 5.02 Å². The maximum atomic E-state index is 12.2. The normalized spacial score (nSPS) is 15.0. The second-order valence-electron chi connectivity index (χ2n) is 5.98. The van der Waals surface area contributed by atoms with Gasteiger partial charge in [-0.05, 0) is 30.5 Å². The lowest BCUT2D eigenvalue weighted by Gasteiger charge is -2.32. The van der Waals surface area contributed by atoms with Crippen LogP contribution in [-0.4, -0.2) is 34.9 Å². The van der Waals surface area contributed by atoms with Crippen molar-refractivity contribution in [3.8, 4) is 0 Å². The highest BCUT2D eigenvalue weighted by atomic mass is 35.5. The first-order valence-electron chi connectivity index (χ1n) is 8.06. The summed E-state index contributed by atoms with van der Waals surface area (Å²) in [6.45, 7) is 3.24. The molecule has 9 heteroatoms. The third kappa shape index (κ3) is 6.37. The van der Waals surface area contributed by atoms with E-state index in [0.717, 1.165) is 42.5 Å². The average molecular weight is 438 g/mol. The summed E-state index contributed by atoms with van der Waals surface area (Å²) in [4.78, 5) is 18.8. The van der Waals surface area contributed by atoms with Gasteiger partial charge in [-0.25, -0.2) is 4.98 Å². The van der Waals surface area contributed by atoms with Gasteiger partial charge in [0.1, 0.15) is 10.7 Å². The number of halogens is 3. The molecular weight excluding hydrogens is 415 g/mol. The molecule has 3 rings (SSSR count). The largest absolute Gasteiger partial charge is 0.348 e. The van der Waals surface area contributed by atoms with Gasteiger partial charge in [0.25, 0.3) is 5.91 Å². The Kier molecular flexibility index (Phi) is 9.85. The summed E-state index contributed by atoms with van der Waals surface area (Å²) >= 11 is 7.35. The molecule has 0 saturated carbocycles. The van der Waals surface area contributed by atoms with Crippen molar-refractivity contribution in [2.75, 3.05) is 13.1 Å². The molecule has 0 unspecified atom stereocenters. The number of carbonyl (C=O) groups is 1. The van der Waals surface area contributed by atoms with Gasteiger partial charge in [-0.15, -0.1) is 36.2 Å². The number of nitrogens with one attached hydrogen (secondary N) is 1. The zero-order valence-corrected chi connectivity index (χ0v) is 17.4. The Balaban J connectivity index is 0.00000169. The first kappa shape index (κ1) is 23.1. The van der Waals surface area contributed by atoms with Crippen LogP contribution in [0, 0.1) is 0 Å². The van der Waals surface area contributed by atoms with Crippen LogP contribution < -0.4 is 11.1 Å². The standard InChI is InChI=1S/C17H21ClN4OS.2ClH/c18-13-3-1-12(2-4-13)10-22-7-5-14(6-8-22)20-17(23)15-11-24-16(9-19)21-15;;/h1-4,11,14H,5-10,19H2,(H,20,23);2*1H. The molecule has 1 aliphatic rings. The van der Waals surface area contributed by atoms with Gasteiger partial charge in [0.05, 0.1) is 0 Å². The summed E-state index contributed by atoms with van der Waals surface area (Å²) in [5.41, 5.74) is 7.28. The number of hydrogen-bond acceptors (Lipinski definition) is 5. The number of aromatic nitrogens is 1. The van der Waals surface area contributed by atoms with Crippen LogP contribution in [-0.2, 0) is 13.1 Å². The Morgan fingerprint density at radius 3 is 2.50 bits per heavy atom. The van der Waals surface area contributed by atoms with E-state index in [9.17, 15) is 4.79 Å². The molecule has 0 radical (unpaired) electrons. The summed E-state index contributed by atoms with van der Waals surface area (Å²) < 4.78 is 0. The van der Waals surface area contributed by atoms with Gasteiger partial charge >= 0.3 is 0 Å². The highest BCUT2D eigenvalue weighted by Crippen LogP contribution is 2.16. The quantitative estimate of drug-likeness (QED) is 0.751. The van der Waals surface area contributed by atoms with Crippen LogP contribution in [0.4, 0.5) is 0 Å². The number of piperidine rings is 1. The molecule has 0 aliphatic carbocycles. The predicted octanol–water partition coefficient (Wildman–Crippen LogP) is 3.49. The van der Waals surface area contributed by atoms with E-state index < -0.39 is 0 Å². The molecule has 3 N–H and O–H groups in total. The molecular formula is C17H23Cl3N4OS. The molecule has 1 amide bonds. The van der Waals surface area contributed by atoms with Gasteiger partial charge in [0.15, 0.2) is 0 Å². The van der Waals surface area contributed by atoms with E-state index in [2.05, 4.69) is 27.3 Å². The molecule has 26 heavy (non-hydrogen) atoms. The Labute approximate surface area is 175 Å². The van der Waals surface area contributed by atoms with Crippen LogP contribution in [0.25, 0.3) is 0 Å². The molecule has 2 aromatic rings. The Morgan fingerprint density at radius 2 is 1.92 bits per heavy atom. The van der Waals surface area contributed by atoms with Crippen LogP contribution in [0.1, 0.15) is 33.9 Å². The Morgan fingerprint density at radius 1 is 1.27 bits per heavy atom. The van der Waals surface area contributed by atoms with Crippen LogP contribution in [0.15, 0.2) is 29.6 Å². The second kappa shape index (κ2) is 11.1. The van der Waals surface area contributed by atoms with Crippen molar-refractivity contribution in [3.63, 3.8) is 0 Å². The molecule has 5 nitrogen and oxygen atoms in total. The van der Waals surface area contributed by atoms with E-state index in [1.54, 1.807) is 5.38 Å². The molecule has 1 fully saturated rings. The Bertz CT molecular complexity index is 688. The summed E-state index contributed by atoms with van der Waals surface area (Å²) in [6.07, 6.45) is 1.90. The fourth-order valence-electron chi connectivity index (χ4n) is 2.85. The van der Waals surface area contributed by atoms with Gasteiger partial charge < -0.3 is 11.1 Å². The van der Waals surface area contributed by atoms with E-state index in [1.165, 1.54) is 16.9 Å².